The van der Waals surface area contributed by atoms with Crippen molar-refractivity contribution in [2.45, 2.75) is 45.2 Å². The van der Waals surface area contributed by atoms with Crippen LogP contribution in [0.1, 0.15) is 44.7 Å². The van der Waals surface area contributed by atoms with E-state index in [1.165, 1.54) is 19.2 Å². The predicted molar refractivity (Wildman–Crippen MR) is 73.3 cm³/mol. The molecule has 2 unspecified atom stereocenters. The van der Waals surface area contributed by atoms with Crippen LogP contribution in [0.5, 0.6) is 0 Å². The van der Waals surface area contributed by atoms with E-state index in [9.17, 15) is 9.18 Å². The molecule has 0 bridgehead atoms. The molecule has 1 aromatic rings. The number of nitrogens with one attached hydrogen (secondary N) is 1. The third-order valence-electron chi connectivity index (χ3n) is 3.12. The molecular weight excluding hydrogens is 245 g/mol. The van der Waals surface area contributed by atoms with Crippen LogP contribution in [0, 0.1) is 5.82 Å². The number of unbranched alkanes of at least 4 members (excludes halogenated alkanes) is 1. The van der Waals surface area contributed by atoms with Crippen molar-refractivity contribution >= 4 is 5.97 Å². The van der Waals surface area contributed by atoms with Crippen LogP contribution < -0.4 is 5.32 Å². The van der Waals surface area contributed by atoms with E-state index in [1.807, 2.05) is 0 Å². The average molecular weight is 267 g/mol. The first kappa shape index (κ1) is 15.6. The van der Waals surface area contributed by atoms with E-state index in [0.717, 1.165) is 24.8 Å². The van der Waals surface area contributed by atoms with Crippen molar-refractivity contribution in [2.75, 3.05) is 7.11 Å². The molecule has 1 N–H and O–H groups in total. The van der Waals surface area contributed by atoms with Gasteiger partial charge >= 0.3 is 5.97 Å². The van der Waals surface area contributed by atoms with E-state index >= 15 is 0 Å². The normalized spacial score (nSPS) is 13.9. The third kappa shape index (κ3) is 4.99. The smallest absolute Gasteiger partial charge is 0.322 e. The number of carbonyl (C=O) groups is 1. The number of rotatable bonds is 7. The molecule has 0 aliphatic carbocycles. The highest BCUT2D eigenvalue weighted by molar-refractivity contribution is 5.75. The highest BCUT2D eigenvalue weighted by Crippen LogP contribution is 2.20. The maximum absolute atomic E-state index is 13.0. The summed E-state index contributed by atoms with van der Waals surface area (Å²) in [6.45, 7) is 3.89. The van der Waals surface area contributed by atoms with E-state index in [0.29, 0.717) is 0 Å². The van der Waals surface area contributed by atoms with Gasteiger partial charge in [-0.25, -0.2) is 4.39 Å². The number of hydrogen-bond acceptors (Lipinski definition) is 3. The second kappa shape index (κ2) is 7.89. The van der Waals surface area contributed by atoms with Gasteiger partial charge in [0.15, 0.2) is 0 Å². The molecule has 1 aromatic carbocycles. The maximum atomic E-state index is 13.0. The van der Waals surface area contributed by atoms with Crippen molar-refractivity contribution in [2.24, 2.45) is 0 Å². The van der Waals surface area contributed by atoms with Crippen molar-refractivity contribution in [3.63, 3.8) is 0 Å². The topological polar surface area (TPSA) is 38.3 Å². The Balaban J connectivity index is 2.76. The lowest BCUT2D eigenvalue weighted by Crippen LogP contribution is -2.37. The van der Waals surface area contributed by atoms with Crippen LogP contribution in [0.4, 0.5) is 4.39 Å². The fourth-order valence-electron chi connectivity index (χ4n) is 2.00. The van der Waals surface area contributed by atoms with Crippen LogP contribution in [0.25, 0.3) is 0 Å². The molecule has 19 heavy (non-hydrogen) atoms. The summed E-state index contributed by atoms with van der Waals surface area (Å²) in [6, 6.07) is 6.06. The summed E-state index contributed by atoms with van der Waals surface area (Å²) >= 11 is 0. The standard InChI is InChI=1S/C15H22FNO2/c1-4-5-6-14(17-11(2)15(18)19-3)12-7-9-13(16)10-8-12/h7-11,14,17H,4-6H2,1-3H3. The molecule has 3 nitrogen and oxygen atoms in total. The van der Waals surface area contributed by atoms with E-state index in [-0.39, 0.29) is 23.9 Å². The zero-order valence-electron chi connectivity index (χ0n) is 11.8. The fourth-order valence-corrected chi connectivity index (χ4v) is 2.00. The van der Waals surface area contributed by atoms with E-state index in [4.69, 9.17) is 4.74 Å². The minimum atomic E-state index is -0.378. The molecule has 0 aliphatic rings. The Morgan fingerprint density at radius 3 is 2.53 bits per heavy atom. The zero-order valence-corrected chi connectivity index (χ0v) is 11.8. The van der Waals surface area contributed by atoms with Gasteiger partial charge in [0.2, 0.25) is 0 Å². The molecule has 0 aliphatic heterocycles. The third-order valence-corrected chi connectivity index (χ3v) is 3.12. The first-order chi connectivity index (χ1) is 9.08. The highest BCUT2D eigenvalue weighted by atomic mass is 19.1. The average Bonchev–Trinajstić information content (AvgIpc) is 2.43. The van der Waals surface area contributed by atoms with E-state index in [1.54, 1.807) is 19.1 Å². The van der Waals surface area contributed by atoms with Crippen molar-refractivity contribution in [3.05, 3.63) is 35.6 Å². The largest absolute Gasteiger partial charge is 0.468 e. The second-order valence-electron chi connectivity index (χ2n) is 4.66. The number of hydrogen-bond donors (Lipinski definition) is 1. The maximum Gasteiger partial charge on any atom is 0.322 e. The Morgan fingerprint density at radius 2 is 2.00 bits per heavy atom. The molecule has 0 spiro atoms. The van der Waals surface area contributed by atoms with Crippen molar-refractivity contribution in [1.82, 2.24) is 5.32 Å². The van der Waals surface area contributed by atoms with Gasteiger partial charge in [0, 0.05) is 6.04 Å². The molecule has 2 atom stereocenters. The molecular formula is C15H22FNO2. The second-order valence-corrected chi connectivity index (χ2v) is 4.66. The van der Waals surface area contributed by atoms with Gasteiger partial charge in [0.05, 0.1) is 7.11 Å². The van der Waals surface area contributed by atoms with Crippen molar-refractivity contribution < 1.29 is 13.9 Å². The van der Waals surface area contributed by atoms with Crippen LogP contribution in [0.3, 0.4) is 0 Å². The Labute approximate surface area is 114 Å². The Hall–Kier alpha value is -1.42. The molecule has 0 amide bonds. The van der Waals surface area contributed by atoms with Gasteiger partial charge in [-0.3, -0.25) is 10.1 Å². The molecule has 0 radical (unpaired) electrons. The first-order valence-electron chi connectivity index (χ1n) is 6.67. The van der Waals surface area contributed by atoms with Gasteiger partial charge in [-0.1, -0.05) is 31.9 Å². The Bertz CT molecular complexity index is 392. The summed E-state index contributed by atoms with van der Waals surface area (Å²) in [5, 5.41) is 3.24. The lowest BCUT2D eigenvalue weighted by Gasteiger charge is -2.22. The van der Waals surface area contributed by atoms with Crippen LogP contribution >= 0.6 is 0 Å². The molecule has 0 saturated carbocycles. The number of ether oxygens (including phenoxy) is 1. The summed E-state index contributed by atoms with van der Waals surface area (Å²) in [5.74, 6) is -0.539. The Kier molecular flexibility index (Phi) is 6.50. The lowest BCUT2D eigenvalue weighted by atomic mass is 10.00. The molecule has 106 valence electrons. The summed E-state index contributed by atoms with van der Waals surface area (Å²) in [4.78, 5) is 11.5. The SMILES string of the molecule is CCCCC(NC(C)C(=O)OC)c1ccc(F)cc1. The number of benzene rings is 1. The van der Waals surface area contributed by atoms with Crippen LogP contribution in [-0.2, 0) is 9.53 Å². The zero-order chi connectivity index (χ0) is 14.3. The van der Waals surface area contributed by atoms with Crippen LogP contribution in [-0.4, -0.2) is 19.1 Å². The minimum absolute atomic E-state index is 0.0367. The van der Waals surface area contributed by atoms with Gasteiger partial charge in [-0.15, -0.1) is 0 Å². The van der Waals surface area contributed by atoms with Gasteiger partial charge in [-0.2, -0.15) is 0 Å². The lowest BCUT2D eigenvalue weighted by molar-refractivity contribution is -0.142. The number of esters is 1. The van der Waals surface area contributed by atoms with Crippen molar-refractivity contribution in [3.8, 4) is 0 Å². The number of halogens is 1. The van der Waals surface area contributed by atoms with Gasteiger partial charge in [-0.05, 0) is 31.0 Å². The molecule has 1 rings (SSSR count). The van der Waals surface area contributed by atoms with Gasteiger partial charge in [0.25, 0.3) is 0 Å². The number of methoxy groups -OCH3 is 1. The first-order valence-corrected chi connectivity index (χ1v) is 6.67. The van der Waals surface area contributed by atoms with Gasteiger partial charge < -0.3 is 4.74 Å². The summed E-state index contributed by atoms with van der Waals surface area (Å²) in [6.07, 6.45) is 3.03. The summed E-state index contributed by atoms with van der Waals surface area (Å²) in [5.41, 5.74) is 0.991. The van der Waals surface area contributed by atoms with E-state index < -0.39 is 0 Å². The quantitative estimate of drug-likeness (QED) is 0.771. The summed E-state index contributed by atoms with van der Waals surface area (Å²) in [7, 11) is 1.37. The van der Waals surface area contributed by atoms with Crippen LogP contribution in [0.15, 0.2) is 24.3 Å². The Morgan fingerprint density at radius 1 is 1.37 bits per heavy atom. The van der Waals surface area contributed by atoms with Crippen LogP contribution in [0.2, 0.25) is 0 Å². The van der Waals surface area contributed by atoms with Crippen molar-refractivity contribution in [1.29, 1.82) is 0 Å². The highest BCUT2D eigenvalue weighted by Gasteiger charge is 2.19. The van der Waals surface area contributed by atoms with E-state index in [2.05, 4.69) is 12.2 Å². The molecule has 0 fully saturated rings. The predicted octanol–water partition coefficient (Wildman–Crippen LogP) is 3.21. The molecule has 4 heteroatoms. The molecule has 0 aromatic heterocycles. The number of carbonyl (C=O) groups excluding carboxylic acids is 1. The minimum Gasteiger partial charge on any atom is -0.468 e. The monoisotopic (exact) mass is 267 g/mol. The van der Waals surface area contributed by atoms with Gasteiger partial charge in [0.1, 0.15) is 11.9 Å². The molecule has 0 heterocycles. The summed E-state index contributed by atoms with van der Waals surface area (Å²) < 4.78 is 17.7. The fraction of sp³-hybridized carbons (Fsp3) is 0.533. The molecule has 0 saturated heterocycles.